The van der Waals surface area contributed by atoms with Gasteiger partial charge >= 0.3 is 0 Å². The fraction of sp³-hybridized carbons (Fsp3) is 0.385. The molecular weight excluding hydrogens is 534 g/mol. The highest BCUT2D eigenvalue weighted by Crippen LogP contribution is 2.18. The summed E-state index contributed by atoms with van der Waals surface area (Å²) in [4.78, 5) is 17.0. The largest absolute Gasteiger partial charge is 0.390 e. The van der Waals surface area contributed by atoms with Gasteiger partial charge in [-0.2, -0.15) is 0 Å². The zero-order chi connectivity index (χ0) is 27.7. The van der Waals surface area contributed by atoms with Gasteiger partial charge in [-0.3, -0.25) is 9.52 Å². The molecule has 0 saturated carbocycles. The Hall–Kier alpha value is -2.93. The Morgan fingerprint density at radius 2 is 1.79 bits per heavy atom. The first-order valence-electron chi connectivity index (χ1n) is 12.3. The Morgan fingerprint density at radius 1 is 1.08 bits per heavy atom. The fourth-order valence-corrected chi connectivity index (χ4v) is 5.91. The third-order valence-electron chi connectivity index (χ3n) is 5.69. The van der Waals surface area contributed by atoms with Gasteiger partial charge in [-0.05, 0) is 48.1 Å². The molecule has 8 nitrogen and oxygen atoms in total. The molecule has 0 aliphatic carbocycles. The van der Waals surface area contributed by atoms with E-state index < -0.39 is 39.7 Å². The number of halogens is 2. The van der Waals surface area contributed by atoms with Crippen molar-refractivity contribution < 1.29 is 27.1 Å². The van der Waals surface area contributed by atoms with Gasteiger partial charge in [0.2, 0.25) is 10.0 Å². The molecule has 3 aromatic rings. The Balaban J connectivity index is 1.71. The van der Waals surface area contributed by atoms with Gasteiger partial charge in [-0.1, -0.05) is 38.1 Å². The minimum Gasteiger partial charge on any atom is -0.390 e. The fourth-order valence-electron chi connectivity index (χ4n) is 3.85. The molecule has 4 N–H and O–H groups in total. The molecule has 38 heavy (non-hydrogen) atoms. The normalized spacial score (nSPS) is 13.2. The summed E-state index contributed by atoms with van der Waals surface area (Å²) in [5.41, 5.74) is 2.43. The van der Waals surface area contributed by atoms with Crippen LogP contribution in [0.5, 0.6) is 0 Å². The van der Waals surface area contributed by atoms with Crippen LogP contribution in [0.25, 0.3) is 0 Å². The van der Waals surface area contributed by atoms with Crippen LogP contribution in [0.1, 0.15) is 47.4 Å². The quantitative estimate of drug-likeness (QED) is 0.237. The molecule has 1 aromatic heterocycles. The van der Waals surface area contributed by atoms with E-state index in [1.165, 1.54) is 10.9 Å². The highest BCUT2D eigenvalue weighted by atomic mass is 32.2. The van der Waals surface area contributed by atoms with Gasteiger partial charge in [0.15, 0.2) is 5.13 Å². The number of amides is 1. The van der Waals surface area contributed by atoms with Crippen LogP contribution in [0.15, 0.2) is 47.8 Å². The van der Waals surface area contributed by atoms with Gasteiger partial charge in [0, 0.05) is 24.5 Å². The molecule has 0 radical (unpaired) electrons. The number of carbonyl (C=O) groups excluding carboxylic acids is 1. The summed E-state index contributed by atoms with van der Waals surface area (Å²) in [5, 5.41) is 18.2. The predicted octanol–water partition coefficient (Wildman–Crippen LogP) is 3.63. The molecule has 0 saturated heterocycles. The summed E-state index contributed by atoms with van der Waals surface area (Å²) in [5.74, 6) is -2.27. The first-order chi connectivity index (χ1) is 18.1. The minimum absolute atomic E-state index is 0.0452. The van der Waals surface area contributed by atoms with Crippen molar-refractivity contribution in [2.75, 3.05) is 17.0 Å². The van der Waals surface area contributed by atoms with Gasteiger partial charge in [-0.15, -0.1) is 11.3 Å². The number of sulfonamides is 1. The topological polar surface area (TPSA) is 120 Å². The lowest BCUT2D eigenvalue weighted by Gasteiger charge is -2.24. The van der Waals surface area contributed by atoms with E-state index in [-0.39, 0.29) is 35.1 Å². The van der Waals surface area contributed by atoms with Crippen LogP contribution in [0.2, 0.25) is 0 Å². The van der Waals surface area contributed by atoms with Crippen molar-refractivity contribution in [2.24, 2.45) is 0 Å². The maximum Gasteiger partial charge on any atom is 0.271 e. The van der Waals surface area contributed by atoms with Crippen molar-refractivity contribution in [3.8, 4) is 0 Å². The van der Waals surface area contributed by atoms with Crippen LogP contribution < -0.4 is 15.4 Å². The third kappa shape index (κ3) is 9.12. The van der Waals surface area contributed by atoms with E-state index in [1.807, 2.05) is 18.2 Å². The van der Waals surface area contributed by atoms with Crippen LogP contribution >= 0.6 is 11.3 Å². The standard InChI is InChI=1S/C26H32F2N4O4S2/c1-3-8-38(35,36)32-26-31-23(16-37-26)25(34)30-22(12-19-10-20(27)13-21(28)11-19)24(33)15-29-14-18-7-5-6-17(4-2)9-18/h5-7,9-11,13,16,22,24,29,33H,3-4,8,12,14-15H2,1-2H3,(H,30,34)(H,31,32)/t22-,24+/m0/s1. The lowest BCUT2D eigenvalue weighted by atomic mass is 10.00. The molecule has 2 atom stereocenters. The summed E-state index contributed by atoms with van der Waals surface area (Å²) < 4.78 is 53.9. The molecule has 1 amide bonds. The lowest BCUT2D eigenvalue weighted by molar-refractivity contribution is 0.0826. The number of thiazole rings is 1. The van der Waals surface area contributed by atoms with E-state index in [2.05, 4.69) is 33.3 Å². The maximum atomic E-state index is 13.8. The number of anilines is 1. The number of nitrogens with zero attached hydrogens (tertiary/aromatic N) is 1. The molecule has 0 aliphatic heterocycles. The number of rotatable bonds is 14. The summed E-state index contributed by atoms with van der Waals surface area (Å²) in [6.07, 6.45) is 0.162. The van der Waals surface area contributed by atoms with Crippen molar-refractivity contribution in [3.63, 3.8) is 0 Å². The first-order valence-corrected chi connectivity index (χ1v) is 14.8. The second kappa shape index (κ2) is 13.7. The smallest absolute Gasteiger partial charge is 0.271 e. The summed E-state index contributed by atoms with van der Waals surface area (Å²) in [6.45, 7) is 4.36. The highest BCUT2D eigenvalue weighted by molar-refractivity contribution is 7.92. The van der Waals surface area contributed by atoms with Gasteiger partial charge in [0.1, 0.15) is 17.3 Å². The van der Waals surface area contributed by atoms with E-state index in [0.29, 0.717) is 13.0 Å². The minimum atomic E-state index is -3.57. The second-order valence-electron chi connectivity index (χ2n) is 8.89. The highest BCUT2D eigenvalue weighted by Gasteiger charge is 2.24. The second-order valence-corrected chi connectivity index (χ2v) is 11.6. The SMILES string of the molecule is CCCS(=O)(=O)Nc1nc(C(=O)N[C@@H](Cc2cc(F)cc(F)c2)[C@H](O)CNCc2cccc(CC)c2)cs1. The Morgan fingerprint density at radius 3 is 2.47 bits per heavy atom. The number of aliphatic hydroxyl groups excluding tert-OH is 1. The van der Waals surface area contributed by atoms with Crippen LogP contribution in [0, 0.1) is 11.6 Å². The van der Waals surface area contributed by atoms with Crippen molar-refractivity contribution in [1.29, 1.82) is 0 Å². The Kier molecular flexibility index (Phi) is 10.7. The van der Waals surface area contributed by atoms with E-state index >= 15 is 0 Å². The van der Waals surface area contributed by atoms with E-state index in [0.717, 1.165) is 41.5 Å². The number of carbonyl (C=O) groups is 1. The summed E-state index contributed by atoms with van der Waals surface area (Å²) in [7, 11) is -3.57. The van der Waals surface area contributed by atoms with Gasteiger partial charge in [0.05, 0.1) is 17.9 Å². The number of hydrogen-bond donors (Lipinski definition) is 4. The first kappa shape index (κ1) is 29.6. The molecule has 1 heterocycles. The molecule has 2 aromatic carbocycles. The Bertz CT molecular complexity index is 1310. The molecular formula is C26H32F2N4O4S2. The van der Waals surface area contributed by atoms with Gasteiger partial charge < -0.3 is 15.7 Å². The van der Waals surface area contributed by atoms with Crippen LogP contribution in [-0.4, -0.2) is 48.9 Å². The van der Waals surface area contributed by atoms with Crippen LogP contribution in [-0.2, 0) is 29.4 Å². The summed E-state index contributed by atoms with van der Waals surface area (Å²) >= 11 is 0.952. The number of benzene rings is 2. The number of aryl methyl sites for hydroxylation is 1. The Labute approximate surface area is 225 Å². The monoisotopic (exact) mass is 566 g/mol. The number of aliphatic hydroxyl groups is 1. The predicted molar refractivity (Wildman–Crippen MR) is 145 cm³/mol. The molecule has 12 heteroatoms. The average Bonchev–Trinajstić information content (AvgIpc) is 3.30. The van der Waals surface area contributed by atoms with E-state index in [4.69, 9.17) is 0 Å². The van der Waals surface area contributed by atoms with E-state index in [9.17, 15) is 27.1 Å². The number of nitrogens with one attached hydrogen (secondary N) is 3. The summed E-state index contributed by atoms with van der Waals surface area (Å²) in [6, 6.07) is 10.1. The van der Waals surface area contributed by atoms with Crippen molar-refractivity contribution in [2.45, 2.75) is 51.8 Å². The molecule has 0 bridgehead atoms. The van der Waals surface area contributed by atoms with Crippen LogP contribution in [0.3, 0.4) is 0 Å². The molecule has 0 fully saturated rings. The molecule has 0 unspecified atom stereocenters. The molecule has 0 aliphatic rings. The van der Waals surface area contributed by atoms with Crippen molar-refractivity contribution in [1.82, 2.24) is 15.6 Å². The van der Waals surface area contributed by atoms with Gasteiger partial charge in [-0.25, -0.2) is 22.2 Å². The van der Waals surface area contributed by atoms with Crippen LogP contribution in [0.4, 0.5) is 13.9 Å². The number of aromatic nitrogens is 1. The van der Waals surface area contributed by atoms with Crippen molar-refractivity contribution in [3.05, 3.63) is 81.9 Å². The third-order valence-corrected chi connectivity index (χ3v) is 8.03. The number of hydrogen-bond acceptors (Lipinski definition) is 7. The molecule has 3 rings (SSSR count). The zero-order valence-corrected chi connectivity index (χ0v) is 22.8. The van der Waals surface area contributed by atoms with E-state index in [1.54, 1.807) is 6.92 Å². The average molecular weight is 567 g/mol. The maximum absolute atomic E-state index is 13.8. The lowest BCUT2D eigenvalue weighted by Crippen LogP contribution is -2.48. The molecule has 206 valence electrons. The molecule has 0 spiro atoms. The van der Waals surface area contributed by atoms with Gasteiger partial charge in [0.25, 0.3) is 5.91 Å². The van der Waals surface area contributed by atoms with Crippen molar-refractivity contribution >= 4 is 32.4 Å². The zero-order valence-electron chi connectivity index (χ0n) is 21.2.